The van der Waals surface area contributed by atoms with Gasteiger partial charge in [0.25, 0.3) is 0 Å². The van der Waals surface area contributed by atoms with Gasteiger partial charge in [0.05, 0.1) is 12.9 Å². The van der Waals surface area contributed by atoms with E-state index in [1.54, 1.807) is 12.1 Å². The number of aromatic nitrogens is 2. The molecule has 0 spiro atoms. The third-order valence-corrected chi connectivity index (χ3v) is 3.22. The van der Waals surface area contributed by atoms with Crippen molar-refractivity contribution in [3.05, 3.63) is 41.1 Å². The molecule has 0 aromatic carbocycles. The number of rotatable bonds is 4. The van der Waals surface area contributed by atoms with E-state index in [0.29, 0.717) is 16.7 Å². The van der Waals surface area contributed by atoms with Crippen molar-refractivity contribution < 1.29 is 13.9 Å². The second kappa shape index (κ2) is 5.88. The van der Waals surface area contributed by atoms with Gasteiger partial charge in [0.1, 0.15) is 5.76 Å². The fourth-order valence-corrected chi connectivity index (χ4v) is 2.40. The summed E-state index contributed by atoms with van der Waals surface area (Å²) in [6, 6.07) is 5.28. The van der Waals surface area contributed by atoms with E-state index in [1.807, 2.05) is 19.9 Å². The Hall–Kier alpha value is -1.82. The van der Waals surface area contributed by atoms with Gasteiger partial charge in [-0.25, -0.2) is 14.8 Å². The van der Waals surface area contributed by atoms with E-state index >= 15 is 0 Å². The van der Waals surface area contributed by atoms with Crippen LogP contribution in [0.1, 0.15) is 27.7 Å². The van der Waals surface area contributed by atoms with Crippen LogP contribution in [0.25, 0.3) is 0 Å². The summed E-state index contributed by atoms with van der Waals surface area (Å²) in [5.41, 5.74) is 1.87. The molecule has 19 heavy (non-hydrogen) atoms. The summed E-state index contributed by atoms with van der Waals surface area (Å²) >= 11 is 1.47. The maximum atomic E-state index is 11.2. The molecule has 0 unspecified atom stereocenters. The molecule has 0 N–H and O–H groups in total. The maximum Gasteiger partial charge on any atom is 0.373 e. The van der Waals surface area contributed by atoms with Crippen LogP contribution in [-0.4, -0.2) is 23.0 Å². The van der Waals surface area contributed by atoms with Crippen molar-refractivity contribution in [1.29, 1.82) is 0 Å². The van der Waals surface area contributed by atoms with Crippen molar-refractivity contribution in [2.75, 3.05) is 7.11 Å². The van der Waals surface area contributed by atoms with Crippen LogP contribution in [-0.2, 0) is 10.5 Å². The van der Waals surface area contributed by atoms with Gasteiger partial charge in [0.2, 0.25) is 5.76 Å². The molecule has 0 saturated carbocycles. The molecule has 0 bridgehead atoms. The molecule has 0 saturated heterocycles. The van der Waals surface area contributed by atoms with Gasteiger partial charge in [-0.15, -0.1) is 0 Å². The van der Waals surface area contributed by atoms with E-state index < -0.39 is 5.97 Å². The molecule has 0 aliphatic rings. The Bertz CT molecular complexity index is 575. The Kier molecular flexibility index (Phi) is 4.21. The monoisotopic (exact) mass is 278 g/mol. The molecule has 0 aliphatic heterocycles. The van der Waals surface area contributed by atoms with Crippen LogP contribution in [0.2, 0.25) is 0 Å². The minimum atomic E-state index is -0.473. The number of hydrogen-bond donors (Lipinski definition) is 0. The van der Waals surface area contributed by atoms with Crippen LogP contribution >= 0.6 is 11.8 Å². The van der Waals surface area contributed by atoms with E-state index in [4.69, 9.17) is 4.42 Å². The average molecular weight is 278 g/mol. The number of carbonyl (C=O) groups is 1. The van der Waals surface area contributed by atoms with Crippen LogP contribution in [0.4, 0.5) is 0 Å². The molecule has 0 atom stereocenters. The van der Waals surface area contributed by atoms with Crippen molar-refractivity contribution in [3.63, 3.8) is 0 Å². The van der Waals surface area contributed by atoms with Gasteiger partial charge in [-0.3, -0.25) is 0 Å². The molecule has 0 amide bonds. The summed E-state index contributed by atoms with van der Waals surface area (Å²) < 4.78 is 9.95. The van der Waals surface area contributed by atoms with Gasteiger partial charge >= 0.3 is 5.97 Å². The fourth-order valence-electron chi connectivity index (χ4n) is 1.56. The standard InChI is InChI=1S/C13H14N2O3S/c1-8-6-9(2)15-13(14-8)19-7-10-4-5-11(18-10)12(16)17-3/h4-6H,7H2,1-3H3. The Morgan fingerprint density at radius 3 is 2.63 bits per heavy atom. The quantitative estimate of drug-likeness (QED) is 0.487. The minimum absolute atomic E-state index is 0.208. The zero-order chi connectivity index (χ0) is 13.8. The number of nitrogens with zero attached hydrogens (tertiary/aromatic N) is 2. The number of hydrogen-bond acceptors (Lipinski definition) is 6. The normalized spacial score (nSPS) is 10.5. The van der Waals surface area contributed by atoms with Crippen LogP contribution < -0.4 is 0 Å². The molecule has 2 rings (SSSR count). The summed E-state index contributed by atoms with van der Waals surface area (Å²) in [5, 5.41) is 0.702. The predicted molar refractivity (Wildman–Crippen MR) is 71.1 cm³/mol. The lowest BCUT2D eigenvalue weighted by Gasteiger charge is -2.01. The molecule has 2 aromatic heterocycles. The van der Waals surface area contributed by atoms with Gasteiger partial charge in [-0.2, -0.15) is 0 Å². The van der Waals surface area contributed by atoms with Crippen molar-refractivity contribution in [1.82, 2.24) is 9.97 Å². The molecule has 2 heterocycles. The number of esters is 1. The molecule has 0 fully saturated rings. The zero-order valence-corrected chi connectivity index (χ0v) is 11.8. The molecule has 2 aromatic rings. The summed E-state index contributed by atoms with van der Waals surface area (Å²) in [6.45, 7) is 3.86. The van der Waals surface area contributed by atoms with E-state index in [1.165, 1.54) is 18.9 Å². The second-order valence-corrected chi connectivity index (χ2v) is 4.92. The molecular weight excluding hydrogens is 264 g/mol. The van der Waals surface area contributed by atoms with Crippen LogP contribution in [0.5, 0.6) is 0 Å². The lowest BCUT2D eigenvalue weighted by atomic mass is 10.4. The number of ether oxygens (including phenoxy) is 1. The number of furan rings is 1. The van der Waals surface area contributed by atoms with Gasteiger partial charge in [0.15, 0.2) is 5.16 Å². The Balaban J connectivity index is 2.02. The van der Waals surface area contributed by atoms with E-state index in [2.05, 4.69) is 14.7 Å². The Labute approximate surface area is 115 Å². The maximum absolute atomic E-state index is 11.2. The predicted octanol–water partition coefficient (Wildman–Crippen LogP) is 2.77. The Morgan fingerprint density at radius 1 is 1.32 bits per heavy atom. The lowest BCUT2D eigenvalue weighted by Crippen LogP contribution is -1.98. The van der Waals surface area contributed by atoms with Crippen LogP contribution in [0, 0.1) is 13.8 Å². The minimum Gasteiger partial charge on any atom is -0.463 e. The number of aryl methyl sites for hydroxylation is 2. The smallest absolute Gasteiger partial charge is 0.373 e. The summed E-state index contributed by atoms with van der Waals surface area (Å²) in [6.07, 6.45) is 0. The van der Waals surface area contributed by atoms with Gasteiger partial charge < -0.3 is 9.15 Å². The van der Waals surface area contributed by atoms with E-state index in [9.17, 15) is 4.79 Å². The third kappa shape index (κ3) is 3.57. The van der Waals surface area contributed by atoms with Crippen molar-refractivity contribution >= 4 is 17.7 Å². The Morgan fingerprint density at radius 2 is 2.00 bits per heavy atom. The van der Waals surface area contributed by atoms with Gasteiger partial charge in [0, 0.05) is 11.4 Å². The van der Waals surface area contributed by atoms with E-state index in [-0.39, 0.29) is 5.76 Å². The highest BCUT2D eigenvalue weighted by molar-refractivity contribution is 7.98. The van der Waals surface area contributed by atoms with E-state index in [0.717, 1.165) is 11.4 Å². The molecule has 100 valence electrons. The van der Waals surface area contributed by atoms with Crippen molar-refractivity contribution in [2.24, 2.45) is 0 Å². The molecule has 0 aliphatic carbocycles. The first-order valence-corrected chi connectivity index (χ1v) is 6.69. The molecule has 5 nitrogen and oxygen atoms in total. The summed E-state index contributed by atoms with van der Waals surface area (Å²) in [4.78, 5) is 19.9. The first-order chi connectivity index (χ1) is 9.08. The van der Waals surface area contributed by atoms with Crippen LogP contribution in [0.15, 0.2) is 27.8 Å². The van der Waals surface area contributed by atoms with Gasteiger partial charge in [-0.05, 0) is 32.0 Å². The fraction of sp³-hybridized carbons (Fsp3) is 0.308. The first kappa shape index (κ1) is 13.6. The van der Waals surface area contributed by atoms with Gasteiger partial charge in [-0.1, -0.05) is 11.8 Å². The summed E-state index contributed by atoms with van der Waals surface area (Å²) in [7, 11) is 1.32. The van der Waals surface area contributed by atoms with Crippen molar-refractivity contribution in [2.45, 2.75) is 24.8 Å². The average Bonchev–Trinajstić information content (AvgIpc) is 2.83. The lowest BCUT2D eigenvalue weighted by molar-refractivity contribution is 0.0563. The number of thioether (sulfide) groups is 1. The highest BCUT2D eigenvalue weighted by Gasteiger charge is 2.11. The molecular formula is C13H14N2O3S. The highest BCUT2D eigenvalue weighted by atomic mass is 32.2. The van der Waals surface area contributed by atoms with Crippen LogP contribution in [0.3, 0.4) is 0 Å². The SMILES string of the molecule is COC(=O)c1ccc(CSc2nc(C)cc(C)n2)o1. The highest BCUT2D eigenvalue weighted by Crippen LogP contribution is 2.21. The van der Waals surface area contributed by atoms with Crippen molar-refractivity contribution in [3.8, 4) is 0 Å². The molecule has 6 heteroatoms. The second-order valence-electron chi connectivity index (χ2n) is 3.98. The zero-order valence-electron chi connectivity index (χ0n) is 11.0. The topological polar surface area (TPSA) is 65.2 Å². The molecule has 0 radical (unpaired) electrons. The first-order valence-electron chi connectivity index (χ1n) is 5.70. The summed E-state index contributed by atoms with van der Waals surface area (Å²) in [5.74, 6) is 0.992. The number of carbonyl (C=O) groups excluding carboxylic acids is 1. The largest absolute Gasteiger partial charge is 0.463 e. The third-order valence-electron chi connectivity index (χ3n) is 2.35. The number of methoxy groups -OCH3 is 1.